The number of nitrogens with zero attached hydrogens (tertiary/aromatic N) is 3. The molecule has 0 unspecified atom stereocenters. The smallest absolute Gasteiger partial charge is 0.251 e. The Balaban J connectivity index is 1.45. The zero-order valence-electron chi connectivity index (χ0n) is 17.3. The van der Waals surface area contributed by atoms with Gasteiger partial charge in [-0.2, -0.15) is 0 Å². The molecule has 0 fully saturated rings. The third-order valence-electron chi connectivity index (χ3n) is 4.70. The van der Waals surface area contributed by atoms with Crippen LogP contribution < -0.4 is 14.8 Å². The summed E-state index contributed by atoms with van der Waals surface area (Å²) in [6.45, 7) is 5.28. The monoisotopic (exact) mass is 442 g/mol. The van der Waals surface area contributed by atoms with Gasteiger partial charge in [0.05, 0.1) is 6.54 Å². The van der Waals surface area contributed by atoms with Crippen molar-refractivity contribution in [2.75, 3.05) is 6.79 Å². The van der Waals surface area contributed by atoms with E-state index in [1.54, 1.807) is 30.3 Å². The molecule has 3 aromatic rings. The summed E-state index contributed by atoms with van der Waals surface area (Å²) in [5, 5.41) is 12.1. The van der Waals surface area contributed by atoms with Crippen LogP contribution in [0.1, 0.15) is 35.6 Å². The summed E-state index contributed by atoms with van der Waals surface area (Å²) < 4.78 is 26.5. The van der Waals surface area contributed by atoms with Crippen molar-refractivity contribution in [3.8, 4) is 11.5 Å². The summed E-state index contributed by atoms with van der Waals surface area (Å²) >= 11 is 1.43. The molecule has 4 rings (SSSR count). The van der Waals surface area contributed by atoms with Crippen LogP contribution in [0.2, 0.25) is 0 Å². The maximum atomic E-state index is 13.9. The average molecular weight is 443 g/mol. The molecule has 1 amide bonds. The molecule has 7 nitrogen and oxygen atoms in total. The van der Waals surface area contributed by atoms with Gasteiger partial charge in [0.1, 0.15) is 5.82 Å². The molecule has 1 aliphatic rings. The molecule has 0 saturated heterocycles. The van der Waals surface area contributed by atoms with Gasteiger partial charge in [-0.1, -0.05) is 43.8 Å². The predicted molar refractivity (Wildman–Crippen MR) is 115 cm³/mol. The SMILES string of the molecule is CC(C)Cn1c(CNC(=O)c2ccc3c(c2)OCO3)nnc1SCc1ccccc1F. The lowest BCUT2D eigenvalue weighted by Crippen LogP contribution is -2.25. The summed E-state index contributed by atoms with van der Waals surface area (Å²) in [5.74, 6) is 2.17. The minimum Gasteiger partial charge on any atom is -0.454 e. The molecular weight excluding hydrogens is 419 g/mol. The van der Waals surface area contributed by atoms with E-state index in [9.17, 15) is 9.18 Å². The Morgan fingerprint density at radius 3 is 2.81 bits per heavy atom. The number of thioether (sulfide) groups is 1. The van der Waals surface area contributed by atoms with E-state index in [0.29, 0.717) is 51.8 Å². The first kappa shape index (κ1) is 21.2. The van der Waals surface area contributed by atoms with E-state index in [4.69, 9.17) is 9.47 Å². The highest BCUT2D eigenvalue weighted by atomic mass is 32.2. The van der Waals surface area contributed by atoms with Crippen LogP contribution in [-0.2, 0) is 18.8 Å². The van der Waals surface area contributed by atoms with Crippen LogP contribution in [0.25, 0.3) is 0 Å². The summed E-state index contributed by atoms with van der Waals surface area (Å²) in [4.78, 5) is 12.6. The van der Waals surface area contributed by atoms with Gasteiger partial charge in [0.25, 0.3) is 5.91 Å². The molecule has 0 aliphatic carbocycles. The van der Waals surface area contributed by atoms with Gasteiger partial charge in [-0.15, -0.1) is 10.2 Å². The van der Waals surface area contributed by atoms with Gasteiger partial charge in [0.15, 0.2) is 22.5 Å². The van der Waals surface area contributed by atoms with Crippen molar-refractivity contribution < 1.29 is 18.7 Å². The van der Waals surface area contributed by atoms with E-state index in [1.807, 2.05) is 10.6 Å². The summed E-state index contributed by atoms with van der Waals surface area (Å²) in [6, 6.07) is 11.8. The fourth-order valence-corrected chi connectivity index (χ4v) is 4.11. The number of carbonyl (C=O) groups is 1. The van der Waals surface area contributed by atoms with Crippen molar-refractivity contribution in [3.63, 3.8) is 0 Å². The van der Waals surface area contributed by atoms with Gasteiger partial charge in [-0.3, -0.25) is 4.79 Å². The molecule has 2 aromatic carbocycles. The second-order valence-corrected chi connectivity index (χ2v) is 8.48. The molecule has 1 aliphatic heterocycles. The second kappa shape index (κ2) is 9.38. The van der Waals surface area contributed by atoms with Gasteiger partial charge < -0.3 is 19.4 Å². The Kier molecular flexibility index (Phi) is 6.41. The lowest BCUT2D eigenvalue weighted by Gasteiger charge is -2.13. The number of nitrogens with one attached hydrogen (secondary N) is 1. The third kappa shape index (κ3) is 4.99. The number of fused-ring (bicyclic) bond motifs is 1. The van der Waals surface area contributed by atoms with Crippen molar-refractivity contribution in [2.24, 2.45) is 5.92 Å². The number of hydrogen-bond acceptors (Lipinski definition) is 6. The van der Waals surface area contributed by atoms with Crippen molar-refractivity contribution in [1.82, 2.24) is 20.1 Å². The number of benzene rings is 2. The van der Waals surface area contributed by atoms with E-state index >= 15 is 0 Å². The highest BCUT2D eigenvalue weighted by Crippen LogP contribution is 2.32. The highest BCUT2D eigenvalue weighted by Gasteiger charge is 2.18. The lowest BCUT2D eigenvalue weighted by atomic mass is 10.2. The maximum absolute atomic E-state index is 13.9. The molecule has 162 valence electrons. The number of ether oxygens (including phenoxy) is 2. The van der Waals surface area contributed by atoms with Gasteiger partial charge in [0, 0.05) is 17.9 Å². The van der Waals surface area contributed by atoms with Crippen molar-refractivity contribution >= 4 is 17.7 Å². The number of carbonyl (C=O) groups excluding carboxylic acids is 1. The van der Waals surface area contributed by atoms with Crippen LogP contribution in [0.5, 0.6) is 11.5 Å². The normalized spacial score (nSPS) is 12.4. The predicted octanol–water partition coefficient (Wildman–Crippen LogP) is 4.02. The summed E-state index contributed by atoms with van der Waals surface area (Å²) in [5.41, 5.74) is 1.09. The minimum absolute atomic E-state index is 0.159. The summed E-state index contributed by atoms with van der Waals surface area (Å²) in [6.07, 6.45) is 0. The van der Waals surface area contributed by atoms with Crippen LogP contribution in [0.3, 0.4) is 0 Å². The first-order chi connectivity index (χ1) is 15.0. The largest absolute Gasteiger partial charge is 0.454 e. The van der Waals surface area contributed by atoms with E-state index in [1.165, 1.54) is 17.8 Å². The number of aromatic nitrogens is 3. The highest BCUT2D eigenvalue weighted by molar-refractivity contribution is 7.98. The third-order valence-corrected chi connectivity index (χ3v) is 5.71. The van der Waals surface area contributed by atoms with E-state index in [-0.39, 0.29) is 25.1 Å². The van der Waals surface area contributed by atoms with Crippen LogP contribution in [0.15, 0.2) is 47.6 Å². The van der Waals surface area contributed by atoms with E-state index in [0.717, 1.165) is 0 Å². The van der Waals surface area contributed by atoms with Gasteiger partial charge in [-0.05, 0) is 35.7 Å². The van der Waals surface area contributed by atoms with Crippen LogP contribution >= 0.6 is 11.8 Å². The zero-order chi connectivity index (χ0) is 21.8. The quantitative estimate of drug-likeness (QED) is 0.531. The molecule has 0 bridgehead atoms. The minimum atomic E-state index is -0.238. The van der Waals surface area contributed by atoms with Crippen molar-refractivity contribution in [3.05, 3.63) is 65.2 Å². The Bertz CT molecular complexity index is 1090. The first-order valence-corrected chi connectivity index (χ1v) is 11.0. The summed E-state index contributed by atoms with van der Waals surface area (Å²) in [7, 11) is 0. The fourth-order valence-electron chi connectivity index (χ4n) is 3.16. The van der Waals surface area contributed by atoms with Gasteiger partial charge >= 0.3 is 0 Å². The molecule has 1 aromatic heterocycles. The molecule has 1 N–H and O–H groups in total. The number of amides is 1. The van der Waals surface area contributed by atoms with Crippen molar-refractivity contribution in [2.45, 2.75) is 37.8 Å². The molecule has 0 spiro atoms. The topological polar surface area (TPSA) is 78.3 Å². The molecule has 31 heavy (non-hydrogen) atoms. The standard InChI is InChI=1S/C22H23FN4O3S/c1-14(2)11-27-20(25-26-22(27)31-12-16-5-3-4-6-17(16)23)10-24-21(28)15-7-8-18-19(9-15)30-13-29-18/h3-9,14H,10-13H2,1-2H3,(H,24,28). The molecular formula is C22H23FN4O3S. The Labute approximate surface area is 184 Å². The molecule has 0 radical (unpaired) electrons. The van der Waals surface area contributed by atoms with Crippen LogP contribution in [0.4, 0.5) is 4.39 Å². The molecule has 9 heteroatoms. The fraction of sp³-hybridized carbons (Fsp3) is 0.318. The Hall–Kier alpha value is -3.07. The number of hydrogen-bond donors (Lipinski definition) is 1. The number of halogens is 1. The second-order valence-electron chi connectivity index (χ2n) is 7.53. The van der Waals surface area contributed by atoms with Crippen LogP contribution in [-0.4, -0.2) is 27.5 Å². The lowest BCUT2D eigenvalue weighted by molar-refractivity contribution is 0.0949. The molecule has 0 saturated carbocycles. The van der Waals surface area contributed by atoms with Crippen molar-refractivity contribution in [1.29, 1.82) is 0 Å². The Morgan fingerprint density at radius 1 is 1.19 bits per heavy atom. The maximum Gasteiger partial charge on any atom is 0.251 e. The number of rotatable bonds is 8. The van der Waals surface area contributed by atoms with E-state index < -0.39 is 0 Å². The van der Waals surface area contributed by atoms with Crippen LogP contribution in [0, 0.1) is 11.7 Å². The molecule has 2 heterocycles. The Morgan fingerprint density at radius 2 is 2.00 bits per heavy atom. The first-order valence-electron chi connectivity index (χ1n) is 9.97. The van der Waals surface area contributed by atoms with Gasteiger partial charge in [0.2, 0.25) is 6.79 Å². The van der Waals surface area contributed by atoms with E-state index in [2.05, 4.69) is 29.4 Å². The zero-order valence-corrected chi connectivity index (χ0v) is 18.1. The average Bonchev–Trinajstić information content (AvgIpc) is 3.37. The molecule has 0 atom stereocenters. The van der Waals surface area contributed by atoms with Gasteiger partial charge in [-0.25, -0.2) is 4.39 Å².